The molecule has 0 spiro atoms. The van der Waals surface area contributed by atoms with Crippen molar-refractivity contribution in [3.05, 3.63) is 11.4 Å². The maximum absolute atomic E-state index is 9.04. The van der Waals surface area contributed by atoms with E-state index in [4.69, 9.17) is 11.7 Å². The van der Waals surface area contributed by atoms with E-state index in [0.29, 0.717) is 12.7 Å². The highest BCUT2D eigenvalue weighted by atomic mass is 16.3. The standard InChI is InChI=1S/C11H21N2O/c1-12-10-13(2,8-9-14)11-6-4-3-5-7-11/h11,14H,3-10H2,2H3/q+1. The molecule has 0 saturated heterocycles. The largest absolute Gasteiger partial charge is 0.391 e. The van der Waals surface area contributed by atoms with Gasteiger partial charge in [-0.3, -0.25) is 9.33 Å². The summed E-state index contributed by atoms with van der Waals surface area (Å²) < 4.78 is 0.750. The fourth-order valence-corrected chi connectivity index (χ4v) is 2.46. The zero-order valence-corrected chi connectivity index (χ0v) is 9.08. The van der Waals surface area contributed by atoms with E-state index in [0.717, 1.165) is 11.0 Å². The smallest absolute Gasteiger partial charge is 0.339 e. The van der Waals surface area contributed by atoms with Gasteiger partial charge in [0.25, 0.3) is 0 Å². The van der Waals surface area contributed by atoms with Gasteiger partial charge in [0.05, 0.1) is 19.7 Å². The van der Waals surface area contributed by atoms with E-state index < -0.39 is 0 Å². The minimum absolute atomic E-state index is 0.197. The number of rotatable bonds is 4. The van der Waals surface area contributed by atoms with Crippen LogP contribution in [0.5, 0.6) is 0 Å². The molecule has 0 bridgehead atoms. The molecule has 1 aliphatic rings. The van der Waals surface area contributed by atoms with Gasteiger partial charge in [0.2, 0.25) is 0 Å². The number of aliphatic hydroxyl groups excluding tert-OH is 1. The minimum Gasteiger partial charge on any atom is -0.391 e. The lowest BCUT2D eigenvalue weighted by Crippen LogP contribution is -2.54. The first-order valence-corrected chi connectivity index (χ1v) is 5.51. The summed E-state index contributed by atoms with van der Waals surface area (Å²) in [5.74, 6) is 0. The third kappa shape index (κ3) is 2.70. The number of hydrogen-bond acceptors (Lipinski definition) is 1. The molecule has 0 heterocycles. The fraction of sp³-hybridized carbons (Fsp3) is 0.909. The number of aliphatic hydroxyl groups is 1. The van der Waals surface area contributed by atoms with E-state index in [2.05, 4.69) is 11.9 Å². The second-order valence-corrected chi connectivity index (χ2v) is 4.52. The Labute approximate surface area is 86.7 Å². The Morgan fingerprint density at radius 3 is 2.50 bits per heavy atom. The van der Waals surface area contributed by atoms with Crippen molar-refractivity contribution in [1.29, 1.82) is 0 Å². The minimum atomic E-state index is 0.197. The lowest BCUT2D eigenvalue weighted by Gasteiger charge is -2.38. The van der Waals surface area contributed by atoms with Gasteiger partial charge in [0.1, 0.15) is 6.54 Å². The zero-order chi connectivity index (χ0) is 10.4. The van der Waals surface area contributed by atoms with Crippen LogP contribution in [0.4, 0.5) is 0 Å². The Morgan fingerprint density at radius 1 is 1.36 bits per heavy atom. The number of nitrogens with zero attached hydrogens (tertiary/aromatic N) is 2. The molecule has 0 aromatic heterocycles. The Morgan fingerprint density at radius 2 is 2.00 bits per heavy atom. The summed E-state index contributed by atoms with van der Waals surface area (Å²) >= 11 is 0. The van der Waals surface area contributed by atoms with E-state index in [1.165, 1.54) is 32.1 Å². The summed E-state index contributed by atoms with van der Waals surface area (Å²) in [5, 5.41) is 9.04. The number of hydrogen-bond donors (Lipinski definition) is 1. The predicted molar refractivity (Wildman–Crippen MR) is 56.5 cm³/mol. The first-order valence-electron chi connectivity index (χ1n) is 5.51. The molecule has 1 unspecified atom stereocenters. The Balaban J connectivity index is 2.59. The van der Waals surface area contributed by atoms with Crippen LogP contribution in [-0.4, -0.2) is 42.5 Å². The SMILES string of the molecule is [C-]#[N+]C[N+](C)(CCO)C1CCCCC1. The number of quaternary nitrogens is 1. The molecule has 1 fully saturated rings. The summed E-state index contributed by atoms with van der Waals surface area (Å²) in [7, 11) is 2.12. The molecular weight excluding hydrogens is 176 g/mol. The lowest BCUT2D eigenvalue weighted by molar-refractivity contribution is -0.930. The molecule has 0 aliphatic heterocycles. The van der Waals surface area contributed by atoms with Crippen molar-refractivity contribution in [1.82, 2.24) is 0 Å². The Bertz CT molecular complexity index is 206. The molecule has 0 amide bonds. The van der Waals surface area contributed by atoms with Crippen molar-refractivity contribution in [2.45, 2.75) is 38.1 Å². The van der Waals surface area contributed by atoms with Gasteiger partial charge in [-0.1, -0.05) is 6.42 Å². The molecule has 0 radical (unpaired) electrons. The van der Waals surface area contributed by atoms with Crippen LogP contribution in [0.2, 0.25) is 0 Å². The monoisotopic (exact) mass is 197 g/mol. The Hall–Kier alpha value is -0.590. The van der Waals surface area contributed by atoms with E-state index in [1.807, 2.05) is 0 Å². The molecule has 3 heteroatoms. The molecular formula is C11H21N2O+. The van der Waals surface area contributed by atoms with Gasteiger partial charge in [-0.15, -0.1) is 0 Å². The van der Waals surface area contributed by atoms with Crippen molar-refractivity contribution in [3.63, 3.8) is 0 Å². The molecule has 0 aromatic carbocycles. The quantitative estimate of drug-likeness (QED) is 0.538. The molecule has 1 rings (SSSR count). The van der Waals surface area contributed by atoms with Gasteiger partial charge in [-0.2, -0.15) is 0 Å². The molecule has 14 heavy (non-hydrogen) atoms. The van der Waals surface area contributed by atoms with Crippen molar-refractivity contribution in [2.75, 3.05) is 26.9 Å². The highest BCUT2D eigenvalue weighted by Crippen LogP contribution is 2.26. The third-order valence-electron chi connectivity index (χ3n) is 3.46. The van der Waals surface area contributed by atoms with Gasteiger partial charge in [-0.05, 0) is 25.7 Å². The highest BCUT2D eigenvalue weighted by molar-refractivity contribution is 4.68. The summed E-state index contributed by atoms with van der Waals surface area (Å²) in [5.41, 5.74) is 0. The zero-order valence-electron chi connectivity index (χ0n) is 9.08. The summed E-state index contributed by atoms with van der Waals surface area (Å²) in [6.45, 7) is 8.43. The van der Waals surface area contributed by atoms with Gasteiger partial charge in [-0.25, -0.2) is 6.57 Å². The third-order valence-corrected chi connectivity index (χ3v) is 3.46. The van der Waals surface area contributed by atoms with Crippen LogP contribution in [-0.2, 0) is 0 Å². The van der Waals surface area contributed by atoms with Gasteiger partial charge >= 0.3 is 6.67 Å². The van der Waals surface area contributed by atoms with Gasteiger partial charge in [0.15, 0.2) is 0 Å². The summed E-state index contributed by atoms with van der Waals surface area (Å²) in [6, 6.07) is 0.602. The summed E-state index contributed by atoms with van der Waals surface area (Å²) in [4.78, 5) is 3.51. The van der Waals surface area contributed by atoms with E-state index in [-0.39, 0.29) is 6.61 Å². The predicted octanol–water partition coefficient (Wildman–Crippen LogP) is 1.63. The van der Waals surface area contributed by atoms with Crippen LogP contribution < -0.4 is 0 Å². The van der Waals surface area contributed by atoms with Crippen LogP contribution in [0.25, 0.3) is 4.85 Å². The maximum atomic E-state index is 9.04. The van der Waals surface area contributed by atoms with Crippen molar-refractivity contribution >= 4 is 0 Å². The first-order chi connectivity index (χ1) is 6.73. The van der Waals surface area contributed by atoms with Crippen molar-refractivity contribution < 1.29 is 9.59 Å². The second kappa shape index (κ2) is 5.33. The Kier molecular flexibility index (Phi) is 4.37. The molecule has 1 aliphatic carbocycles. The van der Waals surface area contributed by atoms with Crippen LogP contribution >= 0.6 is 0 Å². The van der Waals surface area contributed by atoms with Crippen LogP contribution in [0.15, 0.2) is 0 Å². The molecule has 1 atom stereocenters. The van der Waals surface area contributed by atoms with Crippen LogP contribution in [0.3, 0.4) is 0 Å². The highest BCUT2D eigenvalue weighted by Gasteiger charge is 2.35. The van der Waals surface area contributed by atoms with Gasteiger partial charge in [0, 0.05) is 0 Å². The van der Waals surface area contributed by atoms with Crippen molar-refractivity contribution in [3.8, 4) is 0 Å². The lowest BCUT2D eigenvalue weighted by atomic mass is 9.93. The van der Waals surface area contributed by atoms with E-state index in [1.54, 1.807) is 0 Å². The average Bonchev–Trinajstić information content (AvgIpc) is 2.20. The van der Waals surface area contributed by atoms with Crippen LogP contribution in [0.1, 0.15) is 32.1 Å². The van der Waals surface area contributed by atoms with Gasteiger partial charge < -0.3 is 5.11 Å². The molecule has 80 valence electrons. The van der Waals surface area contributed by atoms with E-state index in [9.17, 15) is 0 Å². The summed E-state index contributed by atoms with van der Waals surface area (Å²) in [6.07, 6.45) is 6.38. The maximum Gasteiger partial charge on any atom is 0.339 e. The molecule has 0 aromatic rings. The molecule has 1 N–H and O–H groups in total. The van der Waals surface area contributed by atoms with E-state index >= 15 is 0 Å². The molecule has 1 saturated carbocycles. The molecule has 3 nitrogen and oxygen atoms in total. The fourth-order valence-electron chi connectivity index (χ4n) is 2.46. The normalized spacial score (nSPS) is 22.6. The first kappa shape index (κ1) is 11.5. The number of likely N-dealkylation sites (N-methyl/N-ethyl adjacent to an activating group) is 1. The van der Waals surface area contributed by atoms with Crippen molar-refractivity contribution in [2.24, 2.45) is 0 Å². The second-order valence-electron chi connectivity index (χ2n) is 4.52. The topological polar surface area (TPSA) is 24.6 Å². The van der Waals surface area contributed by atoms with Crippen LogP contribution in [0, 0.1) is 6.57 Å². The average molecular weight is 197 g/mol.